The zero-order valence-corrected chi connectivity index (χ0v) is 13.7. The zero-order valence-electron chi connectivity index (χ0n) is 12.9. The molecular formula is C14H28N2O3S. The van der Waals surface area contributed by atoms with E-state index in [1.54, 1.807) is 0 Å². The molecule has 1 amide bonds. The van der Waals surface area contributed by atoms with Crippen LogP contribution in [-0.2, 0) is 14.8 Å². The van der Waals surface area contributed by atoms with Gasteiger partial charge >= 0.3 is 0 Å². The van der Waals surface area contributed by atoms with Crippen molar-refractivity contribution in [3.8, 4) is 0 Å². The molecule has 20 heavy (non-hydrogen) atoms. The molecule has 0 radical (unpaired) electrons. The van der Waals surface area contributed by atoms with E-state index in [-0.39, 0.29) is 17.6 Å². The molecule has 0 aliphatic carbocycles. The van der Waals surface area contributed by atoms with Gasteiger partial charge in [-0.2, -0.15) is 0 Å². The number of hydrogen-bond donors (Lipinski definition) is 1. The lowest BCUT2D eigenvalue weighted by atomic mass is 10.0. The molecule has 0 bridgehead atoms. The molecule has 1 saturated heterocycles. The maximum absolute atomic E-state index is 12.5. The zero-order chi connectivity index (χ0) is 15.2. The highest BCUT2D eigenvalue weighted by molar-refractivity contribution is 7.89. The summed E-state index contributed by atoms with van der Waals surface area (Å²) in [4.78, 5) is 14.3. The van der Waals surface area contributed by atoms with Gasteiger partial charge in [0.15, 0.2) is 0 Å². The van der Waals surface area contributed by atoms with Crippen molar-refractivity contribution in [3.05, 3.63) is 0 Å². The summed E-state index contributed by atoms with van der Waals surface area (Å²) in [5, 5.41) is 0. The summed E-state index contributed by atoms with van der Waals surface area (Å²) >= 11 is 0. The van der Waals surface area contributed by atoms with Gasteiger partial charge in [0, 0.05) is 13.1 Å². The van der Waals surface area contributed by atoms with Crippen LogP contribution in [0, 0.1) is 5.92 Å². The van der Waals surface area contributed by atoms with Crippen molar-refractivity contribution in [2.24, 2.45) is 5.92 Å². The van der Waals surface area contributed by atoms with Gasteiger partial charge in [0.2, 0.25) is 15.9 Å². The van der Waals surface area contributed by atoms with Crippen LogP contribution in [0.5, 0.6) is 0 Å². The predicted octanol–water partition coefficient (Wildman–Crippen LogP) is 1.74. The summed E-state index contributed by atoms with van der Waals surface area (Å²) in [6.45, 7) is 7.34. The lowest BCUT2D eigenvalue weighted by molar-refractivity contribution is -0.134. The van der Waals surface area contributed by atoms with Gasteiger partial charge in [0.1, 0.15) is 6.04 Å². The molecule has 0 aromatic heterocycles. The Morgan fingerprint density at radius 2 is 1.80 bits per heavy atom. The van der Waals surface area contributed by atoms with Gasteiger partial charge in [-0.15, -0.1) is 0 Å². The fourth-order valence-electron chi connectivity index (χ4n) is 2.55. The Kier molecular flexibility index (Phi) is 6.95. The molecule has 0 aromatic carbocycles. The first kappa shape index (κ1) is 17.4. The maximum atomic E-state index is 12.5. The van der Waals surface area contributed by atoms with Crippen LogP contribution in [-0.4, -0.2) is 44.1 Å². The summed E-state index contributed by atoms with van der Waals surface area (Å²) in [5.41, 5.74) is 0. The molecular weight excluding hydrogens is 276 g/mol. The largest absolute Gasteiger partial charge is 0.341 e. The van der Waals surface area contributed by atoms with Crippen LogP contribution < -0.4 is 4.72 Å². The molecule has 1 rings (SSSR count). The van der Waals surface area contributed by atoms with E-state index in [1.165, 1.54) is 0 Å². The minimum Gasteiger partial charge on any atom is -0.341 e. The average Bonchev–Trinajstić information content (AvgIpc) is 2.37. The van der Waals surface area contributed by atoms with E-state index in [0.717, 1.165) is 32.4 Å². The van der Waals surface area contributed by atoms with E-state index in [4.69, 9.17) is 0 Å². The molecule has 0 aromatic rings. The fraction of sp³-hybridized carbons (Fsp3) is 0.929. The van der Waals surface area contributed by atoms with Gasteiger partial charge in [0.25, 0.3) is 0 Å². The number of hydrogen-bond acceptors (Lipinski definition) is 3. The number of nitrogens with zero attached hydrogens (tertiary/aromatic N) is 1. The number of carbonyl (C=O) groups is 1. The third-order valence-corrected chi connectivity index (χ3v) is 5.06. The van der Waals surface area contributed by atoms with E-state index in [9.17, 15) is 13.2 Å². The van der Waals surface area contributed by atoms with Crippen molar-refractivity contribution in [1.82, 2.24) is 9.62 Å². The number of piperidine rings is 1. The minimum absolute atomic E-state index is 0.0573. The smallest absolute Gasteiger partial charge is 0.240 e. The second-order valence-corrected chi connectivity index (χ2v) is 7.88. The number of rotatable bonds is 7. The third-order valence-electron chi connectivity index (χ3n) is 3.47. The summed E-state index contributed by atoms with van der Waals surface area (Å²) < 4.78 is 26.5. The fourth-order valence-corrected chi connectivity index (χ4v) is 3.84. The Morgan fingerprint density at radius 3 is 2.30 bits per heavy atom. The molecule has 1 fully saturated rings. The highest BCUT2D eigenvalue weighted by Gasteiger charge is 2.29. The van der Waals surface area contributed by atoms with Crippen molar-refractivity contribution in [1.29, 1.82) is 0 Å². The van der Waals surface area contributed by atoms with E-state index >= 15 is 0 Å². The molecule has 0 saturated carbocycles. The van der Waals surface area contributed by atoms with Crippen LogP contribution >= 0.6 is 0 Å². The molecule has 0 unspecified atom stereocenters. The summed E-state index contributed by atoms with van der Waals surface area (Å²) in [5.74, 6) is 0.297. The molecule has 1 heterocycles. The van der Waals surface area contributed by atoms with Crippen molar-refractivity contribution >= 4 is 15.9 Å². The molecule has 1 N–H and O–H groups in total. The SMILES string of the molecule is CCCS(=O)(=O)N[C@@H](CC(C)C)C(=O)N1CCCCC1. The van der Waals surface area contributed by atoms with Crippen LogP contribution in [0.15, 0.2) is 0 Å². The van der Waals surface area contributed by atoms with Crippen LogP contribution in [0.3, 0.4) is 0 Å². The van der Waals surface area contributed by atoms with Gasteiger partial charge in [-0.25, -0.2) is 13.1 Å². The highest BCUT2D eigenvalue weighted by atomic mass is 32.2. The lowest BCUT2D eigenvalue weighted by Crippen LogP contribution is -2.50. The van der Waals surface area contributed by atoms with Crippen LogP contribution in [0.25, 0.3) is 0 Å². The second kappa shape index (κ2) is 7.98. The van der Waals surface area contributed by atoms with E-state index in [2.05, 4.69) is 4.72 Å². The van der Waals surface area contributed by atoms with Crippen molar-refractivity contribution < 1.29 is 13.2 Å². The normalized spacial score (nSPS) is 18.3. The Balaban J connectivity index is 2.74. The summed E-state index contributed by atoms with van der Waals surface area (Å²) in [6.07, 6.45) is 4.30. The Morgan fingerprint density at radius 1 is 1.20 bits per heavy atom. The molecule has 1 aliphatic rings. The Hall–Kier alpha value is -0.620. The average molecular weight is 304 g/mol. The van der Waals surface area contributed by atoms with Gasteiger partial charge in [-0.05, 0) is 38.0 Å². The standard InChI is InChI=1S/C14H28N2O3S/c1-4-10-20(18,19)15-13(11-12(2)3)14(17)16-8-6-5-7-9-16/h12-13,15H,4-11H2,1-3H3/t13-/m0/s1. The topological polar surface area (TPSA) is 66.5 Å². The Bertz CT molecular complexity index is 401. The highest BCUT2D eigenvalue weighted by Crippen LogP contribution is 2.14. The lowest BCUT2D eigenvalue weighted by Gasteiger charge is -2.31. The molecule has 1 aliphatic heterocycles. The van der Waals surface area contributed by atoms with Gasteiger partial charge < -0.3 is 4.90 Å². The monoisotopic (exact) mass is 304 g/mol. The summed E-state index contributed by atoms with van der Waals surface area (Å²) in [7, 11) is -3.36. The summed E-state index contributed by atoms with van der Waals surface area (Å²) in [6, 6.07) is -0.607. The first-order valence-corrected chi connectivity index (χ1v) is 9.29. The van der Waals surface area contributed by atoms with E-state index in [1.807, 2.05) is 25.7 Å². The number of nitrogens with one attached hydrogen (secondary N) is 1. The van der Waals surface area contributed by atoms with Gasteiger partial charge in [-0.3, -0.25) is 4.79 Å². The maximum Gasteiger partial charge on any atom is 0.240 e. The molecule has 0 spiro atoms. The minimum atomic E-state index is -3.36. The van der Waals surface area contributed by atoms with Crippen LogP contribution in [0.4, 0.5) is 0 Å². The predicted molar refractivity (Wildman–Crippen MR) is 80.9 cm³/mol. The number of sulfonamides is 1. The molecule has 118 valence electrons. The van der Waals surface area contributed by atoms with E-state index in [0.29, 0.717) is 12.8 Å². The van der Waals surface area contributed by atoms with Crippen LogP contribution in [0.2, 0.25) is 0 Å². The third kappa shape index (κ3) is 5.79. The first-order chi connectivity index (χ1) is 9.35. The number of amides is 1. The van der Waals surface area contributed by atoms with Crippen molar-refractivity contribution in [2.75, 3.05) is 18.8 Å². The quantitative estimate of drug-likeness (QED) is 0.779. The van der Waals surface area contributed by atoms with E-state index < -0.39 is 16.1 Å². The van der Waals surface area contributed by atoms with Gasteiger partial charge in [-0.1, -0.05) is 20.8 Å². The molecule has 5 nitrogen and oxygen atoms in total. The molecule has 6 heteroatoms. The first-order valence-electron chi connectivity index (χ1n) is 7.64. The second-order valence-electron chi connectivity index (χ2n) is 6.00. The number of likely N-dealkylation sites (tertiary alicyclic amines) is 1. The van der Waals surface area contributed by atoms with Crippen LogP contribution in [0.1, 0.15) is 52.9 Å². The van der Waals surface area contributed by atoms with Crippen molar-refractivity contribution in [3.63, 3.8) is 0 Å². The molecule has 1 atom stereocenters. The Labute approximate surface area is 123 Å². The number of carbonyl (C=O) groups excluding carboxylic acids is 1. The van der Waals surface area contributed by atoms with Gasteiger partial charge in [0.05, 0.1) is 5.75 Å². The van der Waals surface area contributed by atoms with Crippen molar-refractivity contribution in [2.45, 2.75) is 58.9 Å².